The number of amides is 1. The number of rotatable bonds is 5. The molecule has 1 aliphatic carbocycles. The molecule has 0 radical (unpaired) electrons. The van der Waals surface area contributed by atoms with E-state index in [4.69, 9.17) is 4.74 Å². The van der Waals surface area contributed by atoms with Gasteiger partial charge in [-0.15, -0.1) is 0 Å². The summed E-state index contributed by atoms with van der Waals surface area (Å²) < 4.78 is 5.72. The van der Waals surface area contributed by atoms with E-state index in [1.165, 1.54) is 12.8 Å². The Labute approximate surface area is 143 Å². The molecule has 4 heteroatoms. The molecular weight excluding hydrogens is 300 g/mol. The summed E-state index contributed by atoms with van der Waals surface area (Å²) in [5.74, 6) is 1.55. The maximum absolute atomic E-state index is 12.3. The van der Waals surface area contributed by atoms with E-state index >= 15 is 0 Å². The van der Waals surface area contributed by atoms with Gasteiger partial charge in [-0.05, 0) is 61.9 Å². The molecule has 1 saturated carbocycles. The summed E-state index contributed by atoms with van der Waals surface area (Å²) in [6.45, 7) is 2.75. The number of nitrogens with one attached hydrogen (secondary N) is 1. The molecule has 24 heavy (non-hydrogen) atoms. The van der Waals surface area contributed by atoms with Gasteiger partial charge in [-0.1, -0.05) is 13.0 Å². The summed E-state index contributed by atoms with van der Waals surface area (Å²) in [5.41, 5.74) is 1.70. The van der Waals surface area contributed by atoms with Crippen molar-refractivity contribution in [3.8, 4) is 5.75 Å². The van der Waals surface area contributed by atoms with Crippen molar-refractivity contribution in [2.75, 3.05) is 0 Å². The van der Waals surface area contributed by atoms with Crippen LogP contribution in [0.2, 0.25) is 0 Å². The van der Waals surface area contributed by atoms with Crippen LogP contribution in [0.1, 0.15) is 48.5 Å². The molecule has 0 spiro atoms. The minimum atomic E-state index is 0.00774. The van der Waals surface area contributed by atoms with E-state index in [1.54, 1.807) is 12.4 Å². The number of carbonyl (C=O) groups is 1. The van der Waals surface area contributed by atoms with Gasteiger partial charge < -0.3 is 10.1 Å². The minimum absolute atomic E-state index is 0.00774. The molecule has 1 aliphatic rings. The van der Waals surface area contributed by atoms with Gasteiger partial charge in [0.05, 0.1) is 0 Å². The molecule has 0 saturated heterocycles. The lowest BCUT2D eigenvalue weighted by molar-refractivity contribution is 0.0923. The second-order valence-corrected chi connectivity index (χ2v) is 6.60. The first-order valence-electron chi connectivity index (χ1n) is 8.63. The Morgan fingerprint density at radius 2 is 1.92 bits per heavy atom. The molecule has 1 amide bonds. The van der Waals surface area contributed by atoms with Crippen molar-refractivity contribution >= 4 is 5.91 Å². The zero-order valence-corrected chi connectivity index (χ0v) is 14.1. The van der Waals surface area contributed by atoms with E-state index in [9.17, 15) is 4.79 Å². The highest BCUT2D eigenvalue weighted by molar-refractivity contribution is 5.94. The number of hydrogen-bond acceptors (Lipinski definition) is 3. The molecule has 0 bridgehead atoms. The average molecular weight is 324 g/mol. The fourth-order valence-electron chi connectivity index (χ4n) is 3.03. The SMILES string of the molecule is CC1CCC(NC(=O)c2ccc(OCc3cccnc3)cc2)CC1. The van der Waals surface area contributed by atoms with Gasteiger partial charge in [0.2, 0.25) is 0 Å². The van der Waals surface area contributed by atoms with Crippen molar-refractivity contribution in [1.82, 2.24) is 10.3 Å². The van der Waals surface area contributed by atoms with E-state index < -0.39 is 0 Å². The van der Waals surface area contributed by atoms with Crippen molar-refractivity contribution in [2.24, 2.45) is 5.92 Å². The van der Waals surface area contributed by atoms with Crippen LogP contribution in [0.3, 0.4) is 0 Å². The Bertz CT molecular complexity index is 647. The Hall–Kier alpha value is -2.36. The molecule has 1 aromatic carbocycles. The highest BCUT2D eigenvalue weighted by Crippen LogP contribution is 2.23. The second-order valence-electron chi connectivity index (χ2n) is 6.60. The van der Waals surface area contributed by atoms with E-state index in [0.29, 0.717) is 18.2 Å². The van der Waals surface area contributed by atoms with Crippen molar-refractivity contribution in [3.05, 3.63) is 59.9 Å². The van der Waals surface area contributed by atoms with Crippen LogP contribution in [0.15, 0.2) is 48.8 Å². The van der Waals surface area contributed by atoms with Crippen LogP contribution < -0.4 is 10.1 Å². The lowest BCUT2D eigenvalue weighted by Crippen LogP contribution is -2.37. The Morgan fingerprint density at radius 3 is 2.58 bits per heavy atom. The van der Waals surface area contributed by atoms with Crippen LogP contribution in [0.25, 0.3) is 0 Å². The van der Waals surface area contributed by atoms with Gasteiger partial charge in [0, 0.05) is 29.6 Å². The zero-order chi connectivity index (χ0) is 16.8. The third-order valence-corrected chi connectivity index (χ3v) is 4.60. The number of pyridine rings is 1. The number of ether oxygens (including phenoxy) is 1. The molecule has 0 atom stereocenters. The Balaban J connectivity index is 1.51. The van der Waals surface area contributed by atoms with Crippen molar-refractivity contribution in [3.63, 3.8) is 0 Å². The number of hydrogen-bond donors (Lipinski definition) is 1. The molecule has 2 aromatic rings. The molecule has 0 unspecified atom stereocenters. The van der Waals surface area contributed by atoms with Crippen LogP contribution in [0.5, 0.6) is 5.75 Å². The molecule has 1 N–H and O–H groups in total. The first-order chi connectivity index (χ1) is 11.7. The van der Waals surface area contributed by atoms with Gasteiger partial charge in [-0.2, -0.15) is 0 Å². The van der Waals surface area contributed by atoms with Gasteiger partial charge in [0.1, 0.15) is 12.4 Å². The molecule has 3 rings (SSSR count). The van der Waals surface area contributed by atoms with Gasteiger partial charge in [0.25, 0.3) is 5.91 Å². The third kappa shape index (κ3) is 4.57. The van der Waals surface area contributed by atoms with E-state index in [2.05, 4.69) is 17.2 Å². The van der Waals surface area contributed by atoms with Gasteiger partial charge in [-0.25, -0.2) is 0 Å². The molecule has 126 valence electrons. The lowest BCUT2D eigenvalue weighted by atomic mass is 9.87. The molecule has 1 fully saturated rings. The summed E-state index contributed by atoms with van der Waals surface area (Å²) in [4.78, 5) is 16.4. The summed E-state index contributed by atoms with van der Waals surface area (Å²) in [6.07, 6.45) is 8.09. The standard InChI is InChI=1S/C20H24N2O2/c1-15-4-8-18(9-5-15)22-20(23)17-6-10-19(11-7-17)24-14-16-3-2-12-21-13-16/h2-3,6-7,10-13,15,18H,4-5,8-9,14H2,1H3,(H,22,23). The number of benzene rings is 1. The van der Waals surface area contributed by atoms with Crippen LogP contribution in [0, 0.1) is 5.92 Å². The maximum Gasteiger partial charge on any atom is 0.251 e. The first-order valence-corrected chi connectivity index (χ1v) is 8.63. The van der Waals surface area contributed by atoms with Crippen molar-refractivity contribution in [2.45, 2.75) is 45.3 Å². The quantitative estimate of drug-likeness (QED) is 0.905. The van der Waals surface area contributed by atoms with Crippen LogP contribution in [-0.2, 0) is 6.61 Å². The largest absolute Gasteiger partial charge is 0.489 e. The van der Waals surface area contributed by atoms with E-state index in [-0.39, 0.29) is 5.91 Å². The molecular formula is C20H24N2O2. The van der Waals surface area contributed by atoms with Gasteiger partial charge in [0.15, 0.2) is 0 Å². The smallest absolute Gasteiger partial charge is 0.251 e. The lowest BCUT2D eigenvalue weighted by Gasteiger charge is -2.26. The number of carbonyl (C=O) groups excluding carboxylic acids is 1. The van der Waals surface area contributed by atoms with Crippen molar-refractivity contribution < 1.29 is 9.53 Å². The average Bonchev–Trinajstić information content (AvgIpc) is 2.63. The van der Waals surface area contributed by atoms with E-state index in [1.807, 2.05) is 36.4 Å². The maximum atomic E-state index is 12.3. The van der Waals surface area contributed by atoms with Gasteiger partial charge in [-0.3, -0.25) is 9.78 Å². The summed E-state index contributed by atoms with van der Waals surface area (Å²) in [7, 11) is 0. The molecule has 4 nitrogen and oxygen atoms in total. The summed E-state index contributed by atoms with van der Waals surface area (Å²) in [6, 6.07) is 11.5. The van der Waals surface area contributed by atoms with Gasteiger partial charge >= 0.3 is 0 Å². The molecule has 1 heterocycles. The molecule has 0 aliphatic heterocycles. The highest BCUT2D eigenvalue weighted by Gasteiger charge is 2.20. The van der Waals surface area contributed by atoms with Crippen LogP contribution >= 0.6 is 0 Å². The number of aromatic nitrogens is 1. The van der Waals surface area contributed by atoms with Crippen LogP contribution in [0.4, 0.5) is 0 Å². The van der Waals surface area contributed by atoms with Crippen molar-refractivity contribution in [1.29, 1.82) is 0 Å². The summed E-state index contributed by atoms with van der Waals surface area (Å²) in [5, 5.41) is 3.14. The predicted octanol–water partition coefficient (Wildman–Crippen LogP) is 3.97. The Kier molecular flexibility index (Phi) is 5.47. The highest BCUT2D eigenvalue weighted by atomic mass is 16.5. The topological polar surface area (TPSA) is 51.2 Å². The fourth-order valence-corrected chi connectivity index (χ4v) is 3.03. The monoisotopic (exact) mass is 324 g/mol. The fraction of sp³-hybridized carbons (Fsp3) is 0.400. The molecule has 1 aromatic heterocycles. The third-order valence-electron chi connectivity index (χ3n) is 4.60. The van der Waals surface area contributed by atoms with Crippen LogP contribution in [-0.4, -0.2) is 16.9 Å². The normalized spacial score (nSPS) is 20.4. The summed E-state index contributed by atoms with van der Waals surface area (Å²) >= 11 is 0. The van der Waals surface area contributed by atoms with E-state index in [0.717, 1.165) is 30.1 Å². The minimum Gasteiger partial charge on any atom is -0.489 e. The predicted molar refractivity (Wildman–Crippen MR) is 93.9 cm³/mol. The zero-order valence-electron chi connectivity index (χ0n) is 14.1. The number of nitrogens with zero attached hydrogens (tertiary/aromatic N) is 1. The second kappa shape index (κ2) is 7.95. The Morgan fingerprint density at radius 1 is 1.17 bits per heavy atom. The first kappa shape index (κ1) is 16.5.